The molecule has 8 N–H and O–H groups in total. The molecule has 0 radical (unpaired) electrons. The monoisotopic (exact) mass is 1230 g/mol. The van der Waals surface area contributed by atoms with Gasteiger partial charge < -0.3 is 36.7 Å². The lowest BCUT2D eigenvalue weighted by molar-refractivity contribution is 0.155. The van der Waals surface area contributed by atoms with Gasteiger partial charge in [-0.1, -0.05) is 123 Å². The lowest BCUT2D eigenvalue weighted by atomic mass is 9.80. The number of carbonyl (C=O) groups is 1. The third-order valence-corrected chi connectivity index (χ3v) is 18.0. The van der Waals surface area contributed by atoms with Crippen LogP contribution in [0.5, 0.6) is 0 Å². The first-order valence-corrected chi connectivity index (χ1v) is 30.5. The summed E-state index contributed by atoms with van der Waals surface area (Å²) >= 11 is 13.2. The van der Waals surface area contributed by atoms with E-state index < -0.39 is 16.1 Å². The van der Waals surface area contributed by atoms with Crippen molar-refractivity contribution in [1.29, 1.82) is 0 Å². The Balaban J connectivity index is 0.000000223. The van der Waals surface area contributed by atoms with E-state index in [4.69, 9.17) is 43.6 Å². The fourth-order valence-corrected chi connectivity index (χ4v) is 13.1. The van der Waals surface area contributed by atoms with Crippen LogP contribution in [-0.4, -0.2) is 76.5 Å². The summed E-state index contributed by atoms with van der Waals surface area (Å²) in [5.41, 5.74) is 13.9. The SMILES string of the molecule is C.C.C[C@]1(NCc2ccc(N)cn2)CCC[C@@H](Nc2ncc(Cl)c(-c3c[nH]c4ccccc34)n2)C1.C[C@]1(NCc2ccc(NC(=O)OCc3ccccc3)cn2)CCC[C@@H](Nc2ncc(Cl)c(-c3cn(S(=O)(=O)c4ccccc4)c4ccccc34)n2)C1. The molecule has 0 unspecified atom stereocenters. The molecule has 18 nitrogen and oxygen atoms in total. The van der Waals surface area contributed by atoms with Crippen LogP contribution in [0.1, 0.15) is 97.0 Å². The number of benzene rings is 4. The first kappa shape index (κ1) is 63.1. The fourth-order valence-electron chi connectivity index (χ4n) is 11.3. The summed E-state index contributed by atoms with van der Waals surface area (Å²) in [6, 6.07) is 41.2. The van der Waals surface area contributed by atoms with Crippen LogP contribution in [0.2, 0.25) is 10.0 Å². The lowest BCUT2D eigenvalue weighted by Gasteiger charge is -2.39. The molecule has 0 spiro atoms. The molecule has 12 rings (SSSR count). The fraction of sp³-hybridized carbons (Fsp3) is 0.288. The predicted octanol–water partition coefficient (Wildman–Crippen LogP) is 14.5. The third-order valence-electron chi connectivity index (χ3n) is 15.7. The maximum atomic E-state index is 13.7. The Morgan fingerprint density at radius 2 is 1.22 bits per heavy atom. The highest BCUT2D eigenvalue weighted by Crippen LogP contribution is 2.38. The van der Waals surface area contributed by atoms with Crippen molar-refractivity contribution in [3.8, 4) is 22.5 Å². The van der Waals surface area contributed by atoms with E-state index in [0.717, 1.165) is 90.5 Å². The molecule has 6 aromatic heterocycles. The van der Waals surface area contributed by atoms with E-state index in [-0.39, 0.29) is 49.5 Å². The Labute approximate surface area is 518 Å². The molecule has 452 valence electrons. The van der Waals surface area contributed by atoms with Gasteiger partial charge in [-0.3, -0.25) is 15.3 Å². The van der Waals surface area contributed by atoms with Gasteiger partial charge >= 0.3 is 6.09 Å². The molecule has 87 heavy (non-hydrogen) atoms. The number of pyridine rings is 2. The molecule has 4 atom stereocenters. The van der Waals surface area contributed by atoms with Crippen LogP contribution in [0, 0.1) is 0 Å². The summed E-state index contributed by atoms with van der Waals surface area (Å²) in [4.78, 5) is 43.2. The van der Waals surface area contributed by atoms with Crippen LogP contribution in [0.4, 0.5) is 28.1 Å². The van der Waals surface area contributed by atoms with Crippen LogP contribution in [-0.2, 0) is 34.5 Å². The van der Waals surface area contributed by atoms with Crippen molar-refractivity contribution >= 4 is 84.4 Å². The van der Waals surface area contributed by atoms with Crippen LogP contribution in [0.25, 0.3) is 44.3 Å². The number of carbonyl (C=O) groups excluding carboxylic acids is 1. The molecule has 2 fully saturated rings. The molecule has 2 aliphatic rings. The van der Waals surface area contributed by atoms with Crippen LogP contribution in [0.3, 0.4) is 0 Å². The van der Waals surface area contributed by atoms with Gasteiger partial charge in [0.15, 0.2) is 0 Å². The van der Waals surface area contributed by atoms with Crippen molar-refractivity contribution in [2.45, 2.75) is 128 Å². The van der Waals surface area contributed by atoms with Crippen molar-refractivity contribution < 1.29 is 17.9 Å². The second kappa shape index (κ2) is 27.9. The molecule has 2 aliphatic carbocycles. The van der Waals surface area contributed by atoms with Gasteiger partial charge in [-0.25, -0.2) is 37.1 Å². The van der Waals surface area contributed by atoms with E-state index in [9.17, 15) is 13.2 Å². The Morgan fingerprint density at radius 3 is 1.82 bits per heavy atom. The highest BCUT2D eigenvalue weighted by atomic mass is 35.5. The summed E-state index contributed by atoms with van der Waals surface area (Å²) in [6.45, 7) is 5.94. The number of para-hydroxylation sites is 2. The Morgan fingerprint density at radius 1 is 0.667 bits per heavy atom. The number of nitrogens with one attached hydrogen (secondary N) is 6. The van der Waals surface area contributed by atoms with Crippen molar-refractivity contribution in [1.82, 2.24) is 49.5 Å². The highest BCUT2D eigenvalue weighted by molar-refractivity contribution is 7.90. The number of nitrogen functional groups attached to an aromatic ring is 1. The zero-order valence-electron chi connectivity index (χ0n) is 47.1. The van der Waals surface area contributed by atoms with Crippen LogP contribution in [0.15, 0.2) is 176 Å². The summed E-state index contributed by atoms with van der Waals surface area (Å²) in [5, 5.41) is 19.8. The number of aromatic nitrogens is 8. The molecule has 21 heteroatoms. The first-order chi connectivity index (χ1) is 41.2. The normalized spacial score (nSPS) is 18.3. The number of anilines is 4. The highest BCUT2D eigenvalue weighted by Gasteiger charge is 2.34. The summed E-state index contributed by atoms with van der Waals surface area (Å²) in [7, 11) is -3.87. The van der Waals surface area contributed by atoms with Crippen molar-refractivity contribution in [2.24, 2.45) is 0 Å². The van der Waals surface area contributed by atoms with Gasteiger partial charge in [0.1, 0.15) is 6.61 Å². The smallest absolute Gasteiger partial charge is 0.412 e. The second-order valence-corrected chi connectivity index (χ2v) is 24.8. The average Bonchev–Trinajstić information content (AvgIpc) is 1.70. The average molecular weight is 1230 g/mol. The van der Waals surface area contributed by atoms with Crippen LogP contribution < -0.4 is 32.3 Å². The maximum Gasteiger partial charge on any atom is 0.412 e. The van der Waals surface area contributed by atoms with Gasteiger partial charge in [0.2, 0.25) is 11.9 Å². The van der Waals surface area contributed by atoms with Gasteiger partial charge in [-0.15, -0.1) is 0 Å². The number of nitrogens with zero attached hydrogens (tertiary/aromatic N) is 7. The van der Waals surface area contributed by atoms with Gasteiger partial charge in [-0.2, -0.15) is 0 Å². The van der Waals surface area contributed by atoms with Crippen LogP contribution >= 0.6 is 23.2 Å². The molecule has 4 aromatic carbocycles. The number of halogens is 2. The molecule has 2 saturated carbocycles. The van der Waals surface area contributed by atoms with E-state index >= 15 is 0 Å². The first-order valence-electron chi connectivity index (χ1n) is 28.3. The number of rotatable bonds is 17. The summed E-state index contributed by atoms with van der Waals surface area (Å²) < 4.78 is 34.0. The van der Waals surface area contributed by atoms with E-state index in [1.165, 1.54) is 3.97 Å². The standard InChI is InChI=1S/C39H38ClN7O4S.C25H28ClN7.2CH4/c1-39(43-23-29-18-19-30(22-41-29)45-38(48)51-26-27-11-4-2-5-12-27)20-10-13-28(21-39)44-37-42-24-34(40)36(46-37)33-25-47(35-17-9-8-16-32(33)35)52(49,50)31-14-6-3-7-15-31;1-25(31-13-18-9-8-16(27)12-28-18)10-4-5-17(11-25)32-24-30-15-21(26)23(33-24)20-14-29-22-7-3-2-6-19(20)22;;/h2-9,11-12,14-19,22,24-25,28,43H,10,13,20-21,23,26H2,1H3,(H,45,48)(H,42,44,46);2-3,6-9,12,14-15,17,29,31H,4-5,10-11,13,27H2,1H3,(H,30,32,33);2*1H4/t28-,39+;17-,25+;;/m11../s1. The maximum absolute atomic E-state index is 13.7. The van der Waals surface area contributed by atoms with Gasteiger partial charge in [0.05, 0.1) is 79.4 Å². The Bertz CT molecular complexity index is 4050. The molecular weight excluding hydrogens is 1160 g/mol. The van der Waals surface area contributed by atoms with E-state index in [0.29, 0.717) is 68.6 Å². The van der Waals surface area contributed by atoms with Gasteiger partial charge in [0.25, 0.3) is 10.0 Å². The molecule has 10 aromatic rings. The molecule has 1 amide bonds. The number of ether oxygens (including phenoxy) is 1. The van der Waals surface area contributed by atoms with Crippen molar-refractivity contribution in [3.05, 3.63) is 198 Å². The number of aromatic amines is 1. The topological polar surface area (TPSA) is 245 Å². The molecule has 0 bridgehead atoms. The minimum Gasteiger partial charge on any atom is -0.444 e. The van der Waals surface area contributed by atoms with E-state index in [2.05, 4.69) is 71.4 Å². The van der Waals surface area contributed by atoms with Crippen molar-refractivity contribution in [3.63, 3.8) is 0 Å². The number of amides is 1. The Hall–Kier alpha value is -8.46. The molecule has 0 saturated heterocycles. The number of fused-ring (bicyclic) bond motifs is 2. The number of hydrogen-bond donors (Lipinski definition) is 7. The Kier molecular flexibility index (Phi) is 20.2. The minimum atomic E-state index is -3.87. The number of H-pyrrole nitrogens is 1. The van der Waals surface area contributed by atoms with E-state index in [1.807, 2.05) is 91.1 Å². The quantitative estimate of drug-likeness (QED) is 0.0448. The van der Waals surface area contributed by atoms with Gasteiger partial charge in [-0.05, 0) is 119 Å². The largest absolute Gasteiger partial charge is 0.444 e. The zero-order valence-corrected chi connectivity index (χ0v) is 49.4. The molecule has 6 heterocycles. The van der Waals surface area contributed by atoms with Gasteiger partial charge in [0, 0.05) is 76.1 Å². The predicted molar refractivity (Wildman–Crippen MR) is 350 cm³/mol. The molecular formula is C66H74Cl2N14O4S. The van der Waals surface area contributed by atoms with Crippen molar-refractivity contribution in [2.75, 3.05) is 21.7 Å². The second-order valence-electron chi connectivity index (χ2n) is 22.2. The van der Waals surface area contributed by atoms with E-state index in [1.54, 1.807) is 73.4 Å². The number of nitrogens with two attached hydrogens (primary N) is 1. The zero-order chi connectivity index (χ0) is 59.0. The number of hydrogen-bond acceptors (Lipinski definition) is 15. The summed E-state index contributed by atoms with van der Waals surface area (Å²) in [5.74, 6) is 1.03. The minimum absolute atomic E-state index is 0. The summed E-state index contributed by atoms with van der Waals surface area (Å²) in [6.07, 6.45) is 17.6. The molecule has 0 aliphatic heterocycles. The third kappa shape index (κ3) is 15.4. The lowest BCUT2D eigenvalue weighted by Crippen LogP contribution is -2.48.